The number of hydrogen-bond donors (Lipinski definition) is 3. The van der Waals surface area contributed by atoms with Crippen LogP contribution < -0.4 is 5.32 Å². The molecule has 1 aliphatic heterocycles. The maximum Gasteiger partial charge on any atom is 0.338 e. The van der Waals surface area contributed by atoms with Gasteiger partial charge in [0.05, 0.1) is 5.56 Å². The topological polar surface area (TPSA) is 89.9 Å². The van der Waals surface area contributed by atoms with Crippen LogP contribution in [-0.4, -0.2) is 46.8 Å². The van der Waals surface area contributed by atoms with Crippen LogP contribution in [0.2, 0.25) is 0 Å². The Bertz CT molecular complexity index is 550. The van der Waals surface area contributed by atoms with E-state index in [1.54, 1.807) is 4.90 Å². The molecule has 1 atom stereocenters. The van der Waals surface area contributed by atoms with Crippen molar-refractivity contribution < 1.29 is 24.2 Å². The Hall–Kier alpha value is -2.15. The minimum atomic E-state index is -1.39. The predicted molar refractivity (Wildman–Crippen MR) is 73.8 cm³/mol. The minimum absolute atomic E-state index is 0.0312. The second-order valence-electron chi connectivity index (χ2n) is 5.07. The first-order valence-corrected chi connectivity index (χ1v) is 6.71. The number of carboxylic acids is 1. The molecule has 0 aliphatic carbocycles. The summed E-state index contributed by atoms with van der Waals surface area (Å²) in [5, 5.41) is 20.5. The molecule has 0 spiro atoms. The second-order valence-corrected chi connectivity index (χ2v) is 5.07. The molecular weight excluding hydrogens is 279 g/mol. The molecule has 1 unspecified atom stereocenters. The van der Waals surface area contributed by atoms with Gasteiger partial charge in [0.1, 0.15) is 5.82 Å². The van der Waals surface area contributed by atoms with E-state index in [9.17, 15) is 14.0 Å². The van der Waals surface area contributed by atoms with E-state index >= 15 is 0 Å². The first-order valence-electron chi connectivity index (χ1n) is 6.71. The van der Waals surface area contributed by atoms with Crippen molar-refractivity contribution in [2.45, 2.75) is 12.8 Å². The molecule has 1 saturated heterocycles. The fraction of sp³-hybridized carbons (Fsp3) is 0.429. The number of anilines is 1. The summed E-state index contributed by atoms with van der Waals surface area (Å²) in [6.45, 7) is 1.06. The number of hydrogen-bond acceptors (Lipinski definition) is 3. The number of halogens is 1. The number of rotatable bonds is 3. The van der Waals surface area contributed by atoms with Gasteiger partial charge in [0.25, 0.3) is 0 Å². The first kappa shape index (κ1) is 15.2. The van der Waals surface area contributed by atoms with Crippen molar-refractivity contribution in [2.75, 3.05) is 25.0 Å². The number of piperidine rings is 1. The quantitative estimate of drug-likeness (QED) is 0.793. The molecule has 1 aliphatic rings. The lowest BCUT2D eigenvalue weighted by atomic mass is 9.99. The van der Waals surface area contributed by atoms with Crippen molar-refractivity contribution >= 4 is 17.7 Å². The molecule has 2 rings (SSSR count). The molecular formula is C14H17FN2O4. The number of aromatic carboxylic acids is 1. The number of aliphatic hydroxyl groups excluding tert-OH is 1. The van der Waals surface area contributed by atoms with Gasteiger partial charge in [0.15, 0.2) is 0 Å². The maximum absolute atomic E-state index is 13.3. The molecule has 2 amide bonds. The van der Waals surface area contributed by atoms with Gasteiger partial charge in [-0.3, -0.25) is 0 Å². The van der Waals surface area contributed by atoms with Gasteiger partial charge >= 0.3 is 12.0 Å². The van der Waals surface area contributed by atoms with Crippen LogP contribution in [0.3, 0.4) is 0 Å². The zero-order valence-electron chi connectivity index (χ0n) is 11.4. The molecule has 0 saturated carbocycles. The SMILES string of the molecule is O=C(O)c1cc(NC(=O)N2CCCC(CO)C2)ccc1F. The molecule has 1 heterocycles. The highest BCUT2D eigenvalue weighted by Gasteiger charge is 2.23. The van der Waals surface area contributed by atoms with Gasteiger partial charge < -0.3 is 20.4 Å². The molecule has 7 heteroatoms. The highest BCUT2D eigenvalue weighted by Crippen LogP contribution is 2.19. The van der Waals surface area contributed by atoms with Crippen LogP contribution >= 0.6 is 0 Å². The fourth-order valence-corrected chi connectivity index (χ4v) is 2.37. The third kappa shape index (κ3) is 3.69. The van der Waals surface area contributed by atoms with E-state index in [0.29, 0.717) is 13.1 Å². The van der Waals surface area contributed by atoms with Crippen LogP contribution in [0.15, 0.2) is 18.2 Å². The third-order valence-corrected chi connectivity index (χ3v) is 3.51. The molecule has 0 bridgehead atoms. The summed E-state index contributed by atoms with van der Waals surface area (Å²) in [6, 6.07) is 3.03. The molecule has 1 fully saturated rings. The molecule has 1 aromatic carbocycles. The van der Waals surface area contributed by atoms with Crippen molar-refractivity contribution in [3.05, 3.63) is 29.6 Å². The van der Waals surface area contributed by atoms with Gasteiger partial charge in [0.2, 0.25) is 0 Å². The minimum Gasteiger partial charge on any atom is -0.478 e. The Labute approximate surface area is 121 Å². The average Bonchev–Trinajstić information content (AvgIpc) is 2.49. The number of carbonyl (C=O) groups excluding carboxylic acids is 1. The Morgan fingerprint density at radius 1 is 1.43 bits per heavy atom. The highest BCUT2D eigenvalue weighted by molar-refractivity contribution is 5.93. The highest BCUT2D eigenvalue weighted by atomic mass is 19.1. The smallest absolute Gasteiger partial charge is 0.338 e. The van der Waals surface area contributed by atoms with Gasteiger partial charge in [-0.05, 0) is 37.0 Å². The normalized spacial score (nSPS) is 18.4. The number of nitrogens with zero attached hydrogens (tertiary/aromatic N) is 1. The summed E-state index contributed by atoms with van der Waals surface area (Å²) in [5.41, 5.74) is -0.260. The average molecular weight is 296 g/mol. The number of likely N-dealkylation sites (tertiary alicyclic amines) is 1. The largest absolute Gasteiger partial charge is 0.478 e. The summed E-state index contributed by atoms with van der Waals surface area (Å²) in [4.78, 5) is 24.5. The maximum atomic E-state index is 13.3. The summed E-state index contributed by atoms with van der Waals surface area (Å²) in [6.07, 6.45) is 1.68. The van der Waals surface area contributed by atoms with Crippen LogP contribution in [-0.2, 0) is 0 Å². The summed E-state index contributed by atoms with van der Waals surface area (Å²) < 4.78 is 13.3. The Morgan fingerprint density at radius 2 is 2.19 bits per heavy atom. The Morgan fingerprint density at radius 3 is 2.86 bits per heavy atom. The van der Waals surface area contributed by atoms with Crippen molar-refractivity contribution in [1.82, 2.24) is 4.90 Å². The van der Waals surface area contributed by atoms with E-state index in [1.807, 2.05) is 0 Å². The molecule has 6 nitrogen and oxygen atoms in total. The van der Waals surface area contributed by atoms with E-state index in [4.69, 9.17) is 10.2 Å². The molecule has 0 radical (unpaired) electrons. The third-order valence-electron chi connectivity index (χ3n) is 3.51. The van der Waals surface area contributed by atoms with Gasteiger partial charge in [-0.2, -0.15) is 0 Å². The van der Waals surface area contributed by atoms with E-state index in [1.165, 1.54) is 6.07 Å². The van der Waals surface area contributed by atoms with Crippen LogP contribution in [0.1, 0.15) is 23.2 Å². The van der Waals surface area contributed by atoms with Gasteiger partial charge in [-0.1, -0.05) is 0 Å². The van der Waals surface area contributed by atoms with Gasteiger partial charge in [-0.25, -0.2) is 14.0 Å². The Balaban J connectivity index is 2.05. The number of urea groups is 1. The lowest BCUT2D eigenvalue weighted by Crippen LogP contribution is -2.43. The monoisotopic (exact) mass is 296 g/mol. The summed E-state index contributed by atoms with van der Waals surface area (Å²) >= 11 is 0. The van der Waals surface area contributed by atoms with Crippen LogP contribution in [0.5, 0.6) is 0 Å². The summed E-state index contributed by atoms with van der Waals surface area (Å²) in [7, 11) is 0. The molecule has 3 N–H and O–H groups in total. The van der Waals surface area contributed by atoms with Crippen molar-refractivity contribution in [3.8, 4) is 0 Å². The van der Waals surface area contributed by atoms with Crippen molar-refractivity contribution in [3.63, 3.8) is 0 Å². The number of carboxylic acid groups (broad SMARTS) is 1. The lowest BCUT2D eigenvalue weighted by molar-refractivity contribution is 0.0692. The van der Waals surface area contributed by atoms with E-state index in [0.717, 1.165) is 25.0 Å². The number of benzene rings is 1. The standard InChI is InChI=1S/C14H17FN2O4/c15-12-4-3-10(6-11(12)13(19)20)16-14(21)17-5-1-2-9(7-17)8-18/h3-4,6,9,18H,1-2,5,7-8H2,(H,16,21)(H,19,20). The number of nitrogens with one attached hydrogen (secondary N) is 1. The van der Waals surface area contributed by atoms with Crippen LogP contribution in [0, 0.1) is 11.7 Å². The second kappa shape index (κ2) is 6.53. The Kier molecular flexibility index (Phi) is 4.74. The van der Waals surface area contributed by atoms with Gasteiger partial charge in [0, 0.05) is 25.4 Å². The molecule has 1 aromatic rings. The molecule has 21 heavy (non-hydrogen) atoms. The van der Waals surface area contributed by atoms with Crippen molar-refractivity contribution in [2.24, 2.45) is 5.92 Å². The molecule has 0 aromatic heterocycles. The zero-order chi connectivity index (χ0) is 15.4. The van der Waals surface area contributed by atoms with Gasteiger partial charge in [-0.15, -0.1) is 0 Å². The van der Waals surface area contributed by atoms with E-state index < -0.39 is 17.3 Å². The lowest BCUT2D eigenvalue weighted by Gasteiger charge is -2.31. The molecule has 114 valence electrons. The van der Waals surface area contributed by atoms with Crippen molar-refractivity contribution in [1.29, 1.82) is 0 Å². The number of amides is 2. The van der Waals surface area contributed by atoms with E-state index in [2.05, 4.69) is 5.32 Å². The van der Waals surface area contributed by atoms with Crippen LogP contribution in [0.4, 0.5) is 14.9 Å². The number of carbonyl (C=O) groups is 2. The zero-order valence-corrected chi connectivity index (χ0v) is 11.4. The summed E-state index contributed by atoms with van der Waals surface area (Å²) in [5.74, 6) is -2.17. The number of aliphatic hydroxyl groups is 1. The first-order chi connectivity index (χ1) is 10.0. The van der Waals surface area contributed by atoms with Crippen LogP contribution in [0.25, 0.3) is 0 Å². The predicted octanol–water partition coefficient (Wildman–Crippen LogP) is 1.76. The van der Waals surface area contributed by atoms with E-state index in [-0.39, 0.29) is 24.2 Å². The fourth-order valence-electron chi connectivity index (χ4n) is 2.37.